The summed E-state index contributed by atoms with van der Waals surface area (Å²) in [5, 5.41) is 0. The van der Waals surface area contributed by atoms with Crippen molar-refractivity contribution in [3.05, 3.63) is 64.5 Å². The normalized spacial score (nSPS) is 13.3. The van der Waals surface area contributed by atoms with E-state index >= 15 is 0 Å². The average Bonchev–Trinajstić information content (AvgIpc) is 3.21. The number of aromatic nitrogens is 1. The van der Waals surface area contributed by atoms with Crippen molar-refractivity contribution in [3.63, 3.8) is 0 Å². The number of benzene rings is 2. The molecule has 0 unspecified atom stereocenters. The van der Waals surface area contributed by atoms with Crippen LogP contribution in [0.15, 0.2) is 48.0 Å². The van der Waals surface area contributed by atoms with Crippen molar-refractivity contribution >= 4 is 27.5 Å². The molecule has 3 aromatic rings. The number of carbonyl (C=O) groups excluding carboxylic acids is 1. The molecule has 2 aromatic carbocycles. The zero-order valence-corrected chi connectivity index (χ0v) is 16.1. The smallest absolute Gasteiger partial charge is 0.252 e. The van der Waals surface area contributed by atoms with E-state index in [9.17, 15) is 4.79 Å². The first-order valence-electron chi connectivity index (χ1n) is 8.72. The van der Waals surface area contributed by atoms with Crippen LogP contribution in [0, 0.1) is 13.8 Å². The van der Waals surface area contributed by atoms with Gasteiger partial charge in [0, 0.05) is 18.7 Å². The zero-order chi connectivity index (χ0) is 19.0. The molecule has 0 spiro atoms. The van der Waals surface area contributed by atoms with Crippen molar-refractivity contribution in [2.45, 2.75) is 26.8 Å². The third kappa shape index (κ3) is 3.40. The highest BCUT2D eigenvalue weighted by atomic mass is 32.1. The first kappa shape index (κ1) is 17.5. The number of ether oxygens (including phenoxy) is 2. The standard InChI is InChI=1S/C21H20N2O3S/c1-4-7-23-16-10-17-18(26-12-25-17)11-19(16)27-21(23)22-20(24)9-15-6-5-13(2)14(3)8-15/h4-6,8,10-11H,1,7,9,12H2,2-3H3. The Kier molecular flexibility index (Phi) is 4.58. The summed E-state index contributed by atoms with van der Waals surface area (Å²) in [6.07, 6.45) is 2.08. The number of allylic oxidation sites excluding steroid dienone is 1. The maximum Gasteiger partial charge on any atom is 0.252 e. The van der Waals surface area contributed by atoms with Crippen molar-refractivity contribution in [3.8, 4) is 11.5 Å². The molecule has 4 rings (SSSR count). The van der Waals surface area contributed by atoms with E-state index in [-0.39, 0.29) is 19.1 Å². The molecule has 0 saturated carbocycles. The number of carbonyl (C=O) groups is 1. The van der Waals surface area contributed by atoms with Crippen molar-refractivity contribution in [1.82, 2.24) is 4.57 Å². The van der Waals surface area contributed by atoms with Gasteiger partial charge in [-0.3, -0.25) is 4.79 Å². The van der Waals surface area contributed by atoms with Gasteiger partial charge in [0.25, 0.3) is 5.91 Å². The second-order valence-electron chi connectivity index (χ2n) is 6.56. The summed E-state index contributed by atoms with van der Waals surface area (Å²) in [6.45, 7) is 8.73. The second-order valence-corrected chi connectivity index (χ2v) is 7.57. The summed E-state index contributed by atoms with van der Waals surface area (Å²) in [6, 6.07) is 9.94. The fraction of sp³-hybridized carbons (Fsp3) is 0.238. The Labute approximate surface area is 161 Å². The topological polar surface area (TPSA) is 52.8 Å². The van der Waals surface area contributed by atoms with Gasteiger partial charge < -0.3 is 14.0 Å². The Bertz CT molecular complexity index is 1120. The second kappa shape index (κ2) is 7.04. The molecule has 6 heteroatoms. The highest BCUT2D eigenvalue weighted by Gasteiger charge is 2.17. The monoisotopic (exact) mass is 380 g/mol. The molecule has 1 amide bonds. The Balaban J connectivity index is 1.72. The minimum Gasteiger partial charge on any atom is -0.454 e. The lowest BCUT2D eigenvalue weighted by Gasteiger charge is -2.03. The van der Waals surface area contributed by atoms with Crippen molar-refractivity contribution in [1.29, 1.82) is 0 Å². The van der Waals surface area contributed by atoms with E-state index in [1.54, 1.807) is 6.08 Å². The highest BCUT2D eigenvalue weighted by molar-refractivity contribution is 7.16. The van der Waals surface area contributed by atoms with Gasteiger partial charge in [-0.2, -0.15) is 4.99 Å². The third-order valence-electron chi connectivity index (χ3n) is 4.64. The Morgan fingerprint density at radius 1 is 1.22 bits per heavy atom. The van der Waals surface area contributed by atoms with Crippen LogP contribution in [-0.2, 0) is 17.8 Å². The van der Waals surface area contributed by atoms with E-state index in [4.69, 9.17) is 9.47 Å². The van der Waals surface area contributed by atoms with Crippen LogP contribution in [0.5, 0.6) is 11.5 Å². The minimum atomic E-state index is -0.164. The average molecular weight is 380 g/mol. The molecule has 0 bridgehead atoms. The van der Waals surface area contributed by atoms with Gasteiger partial charge in [0.05, 0.1) is 16.6 Å². The Hall–Kier alpha value is -2.86. The molecule has 27 heavy (non-hydrogen) atoms. The lowest BCUT2D eigenvalue weighted by molar-refractivity contribution is -0.117. The van der Waals surface area contributed by atoms with Crippen LogP contribution in [0.3, 0.4) is 0 Å². The summed E-state index contributed by atoms with van der Waals surface area (Å²) in [5.74, 6) is 1.27. The molecular weight excluding hydrogens is 360 g/mol. The van der Waals surface area contributed by atoms with E-state index in [0.29, 0.717) is 17.1 Å². The predicted octanol–water partition coefficient (Wildman–Crippen LogP) is 3.90. The summed E-state index contributed by atoms with van der Waals surface area (Å²) in [5.41, 5.74) is 4.33. The van der Waals surface area contributed by atoms with Gasteiger partial charge in [-0.25, -0.2) is 0 Å². The SMILES string of the molecule is C=CCn1c(=NC(=O)Cc2ccc(C)c(C)c2)sc2cc3c(cc21)OCO3. The number of fused-ring (bicyclic) bond motifs is 2. The van der Waals surface area contributed by atoms with Crippen LogP contribution in [0.2, 0.25) is 0 Å². The molecule has 138 valence electrons. The number of thiazole rings is 1. The number of nitrogens with zero attached hydrogens (tertiary/aromatic N) is 2. The highest BCUT2D eigenvalue weighted by Crippen LogP contribution is 2.36. The molecule has 5 nitrogen and oxygen atoms in total. The van der Waals surface area contributed by atoms with E-state index in [0.717, 1.165) is 21.5 Å². The number of hydrogen-bond donors (Lipinski definition) is 0. The molecule has 0 radical (unpaired) electrons. The van der Waals surface area contributed by atoms with Crippen molar-refractivity contribution in [2.75, 3.05) is 6.79 Å². The van der Waals surface area contributed by atoms with Crippen molar-refractivity contribution < 1.29 is 14.3 Å². The molecule has 1 aliphatic rings. The quantitative estimate of drug-likeness (QED) is 0.645. The van der Waals surface area contributed by atoms with Crippen LogP contribution in [0.1, 0.15) is 16.7 Å². The molecule has 2 heterocycles. The molecule has 0 N–H and O–H groups in total. The Morgan fingerprint density at radius 2 is 2.00 bits per heavy atom. The van der Waals surface area contributed by atoms with Crippen LogP contribution in [-0.4, -0.2) is 17.3 Å². The molecular formula is C21H20N2O3S. The molecule has 1 aliphatic heterocycles. The summed E-state index contributed by atoms with van der Waals surface area (Å²) < 4.78 is 13.9. The van der Waals surface area contributed by atoms with Crippen LogP contribution in [0.4, 0.5) is 0 Å². The van der Waals surface area contributed by atoms with Gasteiger partial charge in [0.15, 0.2) is 16.3 Å². The summed E-state index contributed by atoms with van der Waals surface area (Å²) in [7, 11) is 0. The molecule has 0 aliphatic carbocycles. The largest absolute Gasteiger partial charge is 0.454 e. The fourth-order valence-corrected chi connectivity index (χ4v) is 4.15. The minimum absolute atomic E-state index is 0.164. The lowest BCUT2D eigenvalue weighted by Crippen LogP contribution is -2.17. The van der Waals surface area contributed by atoms with E-state index < -0.39 is 0 Å². The third-order valence-corrected chi connectivity index (χ3v) is 5.68. The van der Waals surface area contributed by atoms with Gasteiger partial charge in [0.1, 0.15) is 0 Å². The van der Waals surface area contributed by atoms with Gasteiger partial charge in [-0.1, -0.05) is 35.6 Å². The first-order chi connectivity index (χ1) is 13.0. The predicted molar refractivity (Wildman–Crippen MR) is 106 cm³/mol. The first-order valence-corrected chi connectivity index (χ1v) is 9.54. The van der Waals surface area contributed by atoms with Crippen LogP contribution in [0.25, 0.3) is 10.2 Å². The zero-order valence-electron chi connectivity index (χ0n) is 15.3. The number of rotatable bonds is 4. The Morgan fingerprint density at radius 3 is 2.74 bits per heavy atom. The molecule has 0 fully saturated rings. The van der Waals surface area contributed by atoms with Gasteiger partial charge in [-0.15, -0.1) is 6.58 Å². The lowest BCUT2D eigenvalue weighted by atomic mass is 10.0. The number of amides is 1. The van der Waals surface area contributed by atoms with E-state index in [1.807, 2.05) is 41.8 Å². The summed E-state index contributed by atoms with van der Waals surface area (Å²) >= 11 is 1.47. The molecule has 1 aromatic heterocycles. The number of hydrogen-bond acceptors (Lipinski definition) is 4. The molecule has 0 atom stereocenters. The van der Waals surface area contributed by atoms with Crippen molar-refractivity contribution in [2.24, 2.45) is 4.99 Å². The summed E-state index contributed by atoms with van der Waals surface area (Å²) in [4.78, 5) is 17.6. The number of aryl methyl sites for hydroxylation is 2. The maximum atomic E-state index is 12.6. The van der Waals surface area contributed by atoms with E-state index in [1.165, 1.54) is 22.5 Å². The molecule has 0 saturated heterocycles. The van der Waals surface area contributed by atoms with Gasteiger partial charge >= 0.3 is 0 Å². The van der Waals surface area contributed by atoms with Gasteiger partial charge in [-0.05, 0) is 30.5 Å². The fourth-order valence-electron chi connectivity index (χ4n) is 3.08. The van der Waals surface area contributed by atoms with Crippen LogP contribution < -0.4 is 14.3 Å². The maximum absolute atomic E-state index is 12.6. The van der Waals surface area contributed by atoms with Gasteiger partial charge in [0.2, 0.25) is 6.79 Å². The van der Waals surface area contributed by atoms with Crippen LogP contribution >= 0.6 is 11.3 Å². The van der Waals surface area contributed by atoms with E-state index in [2.05, 4.69) is 18.5 Å².